The first kappa shape index (κ1) is 10.1. The fraction of sp³-hybridized carbons (Fsp3) is 0.0833. The number of nitrogens with zero attached hydrogens (tertiary/aromatic N) is 3. The van der Waals surface area contributed by atoms with Crippen LogP contribution in [0.4, 0.5) is 5.82 Å². The smallest absolute Gasteiger partial charge is 0.130 e. The summed E-state index contributed by atoms with van der Waals surface area (Å²) in [5.74, 6) is 0.465. The van der Waals surface area contributed by atoms with Crippen molar-refractivity contribution in [2.24, 2.45) is 0 Å². The van der Waals surface area contributed by atoms with Crippen molar-refractivity contribution in [1.82, 2.24) is 9.97 Å². The van der Waals surface area contributed by atoms with Gasteiger partial charge in [0, 0.05) is 11.1 Å². The molecular formula is C12H10N4. The molecule has 1 aromatic heterocycles. The molecule has 0 spiro atoms. The van der Waals surface area contributed by atoms with Crippen molar-refractivity contribution < 1.29 is 0 Å². The van der Waals surface area contributed by atoms with Crippen LogP contribution >= 0.6 is 0 Å². The van der Waals surface area contributed by atoms with Crippen LogP contribution in [0.25, 0.3) is 11.3 Å². The monoisotopic (exact) mass is 210 g/mol. The van der Waals surface area contributed by atoms with Gasteiger partial charge in [-0.05, 0) is 19.1 Å². The van der Waals surface area contributed by atoms with Crippen LogP contribution in [-0.2, 0) is 0 Å². The second kappa shape index (κ2) is 3.99. The van der Waals surface area contributed by atoms with Crippen LogP contribution < -0.4 is 5.73 Å². The molecule has 0 radical (unpaired) electrons. The first-order chi connectivity index (χ1) is 7.72. The average Bonchev–Trinajstić information content (AvgIpc) is 2.33. The number of anilines is 1. The third-order valence-corrected chi connectivity index (χ3v) is 2.39. The predicted octanol–water partition coefficient (Wildman–Crippen LogP) is 1.91. The summed E-state index contributed by atoms with van der Waals surface area (Å²) in [5, 5.41) is 8.83. The summed E-state index contributed by atoms with van der Waals surface area (Å²) in [6.07, 6.45) is 1.43. The van der Waals surface area contributed by atoms with E-state index in [0.29, 0.717) is 11.4 Å². The van der Waals surface area contributed by atoms with Crippen molar-refractivity contribution in [2.75, 3.05) is 5.73 Å². The van der Waals surface area contributed by atoms with Crippen LogP contribution in [0.5, 0.6) is 0 Å². The Morgan fingerprint density at radius 3 is 2.88 bits per heavy atom. The zero-order valence-electron chi connectivity index (χ0n) is 8.81. The van der Waals surface area contributed by atoms with Crippen molar-refractivity contribution >= 4 is 5.82 Å². The molecule has 0 amide bonds. The van der Waals surface area contributed by atoms with E-state index in [4.69, 9.17) is 11.0 Å². The topological polar surface area (TPSA) is 75.6 Å². The Morgan fingerprint density at radius 1 is 1.31 bits per heavy atom. The van der Waals surface area contributed by atoms with Crippen molar-refractivity contribution in [3.8, 4) is 17.3 Å². The summed E-state index contributed by atoms with van der Waals surface area (Å²) >= 11 is 0. The highest BCUT2D eigenvalue weighted by Gasteiger charge is 2.07. The lowest BCUT2D eigenvalue weighted by molar-refractivity contribution is 1.14. The largest absolute Gasteiger partial charge is 0.383 e. The third kappa shape index (κ3) is 1.71. The van der Waals surface area contributed by atoms with Gasteiger partial charge in [0.15, 0.2) is 0 Å². The summed E-state index contributed by atoms with van der Waals surface area (Å²) in [6, 6.07) is 9.36. The van der Waals surface area contributed by atoms with Crippen molar-refractivity contribution in [3.63, 3.8) is 0 Å². The molecule has 0 atom stereocenters. The Labute approximate surface area is 93.4 Å². The van der Waals surface area contributed by atoms with E-state index in [1.807, 2.05) is 19.1 Å². The van der Waals surface area contributed by atoms with E-state index in [1.54, 1.807) is 12.1 Å². The Morgan fingerprint density at radius 2 is 2.12 bits per heavy atom. The summed E-state index contributed by atoms with van der Waals surface area (Å²) in [6.45, 7) is 1.86. The highest BCUT2D eigenvalue weighted by atomic mass is 14.9. The van der Waals surface area contributed by atoms with Gasteiger partial charge in [-0.15, -0.1) is 0 Å². The maximum absolute atomic E-state index is 8.83. The zero-order chi connectivity index (χ0) is 11.5. The van der Waals surface area contributed by atoms with Crippen LogP contribution in [0.15, 0.2) is 30.6 Å². The average molecular weight is 210 g/mol. The molecular weight excluding hydrogens is 200 g/mol. The van der Waals surface area contributed by atoms with E-state index in [-0.39, 0.29) is 0 Å². The highest BCUT2D eigenvalue weighted by molar-refractivity contribution is 5.68. The van der Waals surface area contributed by atoms with Crippen LogP contribution in [0.3, 0.4) is 0 Å². The van der Waals surface area contributed by atoms with Crippen molar-refractivity contribution in [2.45, 2.75) is 6.92 Å². The number of nitrogens with two attached hydrogens (primary N) is 1. The molecule has 4 heteroatoms. The molecule has 0 aliphatic heterocycles. The highest BCUT2D eigenvalue weighted by Crippen LogP contribution is 2.23. The molecule has 1 aromatic carbocycles. The molecule has 78 valence electrons. The molecule has 2 rings (SSSR count). The number of hydrogen-bond donors (Lipinski definition) is 1. The lowest BCUT2D eigenvalue weighted by Gasteiger charge is -2.06. The van der Waals surface area contributed by atoms with Gasteiger partial charge in [0.1, 0.15) is 12.1 Å². The molecule has 0 bridgehead atoms. The maximum Gasteiger partial charge on any atom is 0.130 e. The molecule has 0 saturated carbocycles. The number of benzene rings is 1. The fourth-order valence-corrected chi connectivity index (χ4v) is 1.49. The van der Waals surface area contributed by atoms with Gasteiger partial charge in [-0.25, -0.2) is 9.97 Å². The van der Waals surface area contributed by atoms with Crippen LogP contribution in [0.1, 0.15) is 11.1 Å². The van der Waals surface area contributed by atoms with Gasteiger partial charge in [0.05, 0.1) is 17.3 Å². The first-order valence-corrected chi connectivity index (χ1v) is 4.80. The number of aromatic nitrogens is 2. The molecule has 0 unspecified atom stereocenters. The SMILES string of the molecule is Cc1c(N)ncnc1-c1cccc(C#N)c1. The molecule has 0 aliphatic carbocycles. The number of nitrogen functional groups attached to an aromatic ring is 1. The zero-order valence-corrected chi connectivity index (χ0v) is 8.81. The van der Waals surface area contributed by atoms with Gasteiger partial charge in [0.25, 0.3) is 0 Å². The molecule has 2 aromatic rings. The quantitative estimate of drug-likeness (QED) is 0.780. The number of hydrogen-bond acceptors (Lipinski definition) is 4. The van der Waals surface area contributed by atoms with Gasteiger partial charge < -0.3 is 5.73 Å². The molecule has 2 N–H and O–H groups in total. The van der Waals surface area contributed by atoms with Gasteiger partial charge in [0.2, 0.25) is 0 Å². The van der Waals surface area contributed by atoms with Gasteiger partial charge in [-0.1, -0.05) is 12.1 Å². The molecule has 4 nitrogen and oxygen atoms in total. The minimum absolute atomic E-state index is 0.465. The van der Waals surface area contributed by atoms with Crippen molar-refractivity contribution in [3.05, 3.63) is 41.7 Å². The lowest BCUT2D eigenvalue weighted by Crippen LogP contribution is -1.98. The van der Waals surface area contributed by atoms with E-state index >= 15 is 0 Å². The maximum atomic E-state index is 8.83. The summed E-state index contributed by atoms with van der Waals surface area (Å²) in [4.78, 5) is 8.09. The van der Waals surface area contributed by atoms with Crippen LogP contribution in [-0.4, -0.2) is 9.97 Å². The van der Waals surface area contributed by atoms with Crippen molar-refractivity contribution in [1.29, 1.82) is 5.26 Å². The normalized spacial score (nSPS) is 9.75. The molecule has 0 saturated heterocycles. The minimum Gasteiger partial charge on any atom is -0.383 e. The molecule has 0 aliphatic rings. The summed E-state index contributed by atoms with van der Waals surface area (Å²) in [5.41, 5.74) is 8.80. The third-order valence-electron chi connectivity index (χ3n) is 2.39. The number of nitriles is 1. The Bertz CT molecular complexity index is 569. The minimum atomic E-state index is 0.465. The van der Waals surface area contributed by atoms with E-state index in [2.05, 4.69) is 16.0 Å². The van der Waals surface area contributed by atoms with E-state index < -0.39 is 0 Å². The Balaban J connectivity index is 2.59. The summed E-state index contributed by atoms with van der Waals surface area (Å²) < 4.78 is 0. The van der Waals surface area contributed by atoms with Gasteiger partial charge >= 0.3 is 0 Å². The number of rotatable bonds is 1. The standard InChI is InChI=1S/C12H10N4/c1-8-11(15-7-16-12(8)14)10-4-2-3-9(5-10)6-13/h2-5,7H,1H3,(H2,14,15,16). The van der Waals surface area contributed by atoms with E-state index in [9.17, 15) is 0 Å². The van der Waals surface area contributed by atoms with Gasteiger partial charge in [-0.3, -0.25) is 0 Å². The summed E-state index contributed by atoms with van der Waals surface area (Å²) in [7, 11) is 0. The van der Waals surface area contributed by atoms with Gasteiger partial charge in [-0.2, -0.15) is 5.26 Å². The molecule has 16 heavy (non-hydrogen) atoms. The second-order valence-corrected chi connectivity index (χ2v) is 3.43. The lowest BCUT2D eigenvalue weighted by atomic mass is 10.1. The van der Waals surface area contributed by atoms with Crippen LogP contribution in [0, 0.1) is 18.3 Å². The second-order valence-electron chi connectivity index (χ2n) is 3.43. The van der Waals surface area contributed by atoms with Crippen LogP contribution in [0.2, 0.25) is 0 Å². The Kier molecular flexibility index (Phi) is 2.52. The Hall–Kier alpha value is -2.41. The fourth-order valence-electron chi connectivity index (χ4n) is 1.49. The molecule has 0 fully saturated rings. The van der Waals surface area contributed by atoms with E-state index in [0.717, 1.165) is 16.8 Å². The van der Waals surface area contributed by atoms with E-state index in [1.165, 1.54) is 6.33 Å². The first-order valence-electron chi connectivity index (χ1n) is 4.80. The molecule has 1 heterocycles. The predicted molar refractivity (Wildman–Crippen MR) is 61.3 cm³/mol.